The molecule has 1 N–H and O–H groups in total. The van der Waals surface area contributed by atoms with Crippen molar-refractivity contribution in [3.8, 4) is 10.6 Å². The first-order chi connectivity index (χ1) is 13.2. The molecule has 4 aromatic rings. The normalized spacial score (nSPS) is 10.9. The number of benzene rings is 1. The van der Waals surface area contributed by atoms with Crippen LogP contribution in [0.2, 0.25) is 0 Å². The van der Waals surface area contributed by atoms with Gasteiger partial charge in [0.2, 0.25) is 5.91 Å². The lowest BCUT2D eigenvalue weighted by molar-refractivity contribution is -0.115. The van der Waals surface area contributed by atoms with Crippen LogP contribution in [0.5, 0.6) is 0 Å². The maximum Gasteiger partial charge on any atom is 0.231 e. The second kappa shape index (κ2) is 7.81. The molecule has 0 unspecified atom stereocenters. The first-order valence-electron chi connectivity index (χ1n) is 8.22. The molecule has 5 nitrogen and oxygen atoms in total. The van der Waals surface area contributed by atoms with Crippen molar-refractivity contribution in [2.75, 3.05) is 5.32 Å². The fourth-order valence-corrected chi connectivity index (χ4v) is 4.09. The number of anilines is 1. The van der Waals surface area contributed by atoms with Crippen LogP contribution in [0.15, 0.2) is 59.4 Å². The molecule has 4 rings (SSSR count). The first kappa shape index (κ1) is 17.6. The Balaban J connectivity index is 1.40. The molecule has 0 bridgehead atoms. The van der Waals surface area contributed by atoms with Crippen molar-refractivity contribution in [3.05, 3.63) is 75.8 Å². The molecule has 0 atom stereocenters. The summed E-state index contributed by atoms with van der Waals surface area (Å²) in [4.78, 5) is 18.0. The zero-order valence-electron chi connectivity index (χ0n) is 14.1. The summed E-state index contributed by atoms with van der Waals surface area (Å²) in [5.41, 5.74) is 1.52. The summed E-state index contributed by atoms with van der Waals surface area (Å²) in [5.74, 6) is 0.218. The van der Waals surface area contributed by atoms with Crippen LogP contribution in [0.1, 0.15) is 10.6 Å². The van der Waals surface area contributed by atoms with Crippen molar-refractivity contribution in [2.45, 2.75) is 13.0 Å². The number of nitrogens with one attached hydrogen (secondary N) is 1. The number of nitrogens with zero attached hydrogens (tertiary/aromatic N) is 3. The summed E-state index contributed by atoms with van der Waals surface area (Å²) >= 11 is 3.08. The highest BCUT2D eigenvalue weighted by atomic mass is 32.1. The molecule has 8 heteroatoms. The van der Waals surface area contributed by atoms with Gasteiger partial charge in [0.25, 0.3) is 0 Å². The summed E-state index contributed by atoms with van der Waals surface area (Å²) in [6.45, 7) is 0.617. The van der Waals surface area contributed by atoms with Crippen LogP contribution in [0.4, 0.5) is 10.2 Å². The van der Waals surface area contributed by atoms with Gasteiger partial charge in [0.15, 0.2) is 0 Å². The van der Waals surface area contributed by atoms with E-state index >= 15 is 0 Å². The third-order valence-electron chi connectivity index (χ3n) is 3.85. The average molecular weight is 398 g/mol. The molecule has 1 aromatic carbocycles. The Morgan fingerprint density at radius 1 is 1.15 bits per heavy atom. The van der Waals surface area contributed by atoms with Crippen LogP contribution in [0.25, 0.3) is 10.6 Å². The number of carbonyl (C=O) groups excluding carboxylic acids is 1. The molecule has 3 heterocycles. The smallest absolute Gasteiger partial charge is 0.231 e. The van der Waals surface area contributed by atoms with Gasteiger partial charge in [-0.2, -0.15) is 5.10 Å². The SMILES string of the molecule is O=C(Cc1csc(-c2ccc(F)cc2)n1)Nc1ccnn1Cc1cccs1. The van der Waals surface area contributed by atoms with Crippen LogP contribution in [-0.2, 0) is 17.8 Å². The first-order valence-corrected chi connectivity index (χ1v) is 9.98. The minimum Gasteiger partial charge on any atom is -0.311 e. The number of hydrogen-bond acceptors (Lipinski definition) is 5. The largest absolute Gasteiger partial charge is 0.311 e. The Morgan fingerprint density at radius 2 is 2.00 bits per heavy atom. The second-order valence-electron chi connectivity index (χ2n) is 5.83. The Hall–Kier alpha value is -2.84. The van der Waals surface area contributed by atoms with Crippen LogP contribution >= 0.6 is 22.7 Å². The van der Waals surface area contributed by atoms with Gasteiger partial charge < -0.3 is 5.32 Å². The van der Waals surface area contributed by atoms with Crippen LogP contribution < -0.4 is 5.32 Å². The number of carbonyl (C=O) groups is 1. The van der Waals surface area contributed by atoms with Gasteiger partial charge in [-0.1, -0.05) is 6.07 Å². The number of hydrogen-bond donors (Lipinski definition) is 1. The number of aromatic nitrogens is 3. The lowest BCUT2D eigenvalue weighted by Gasteiger charge is -2.07. The highest BCUT2D eigenvalue weighted by molar-refractivity contribution is 7.13. The molecule has 0 aliphatic carbocycles. The van der Waals surface area contributed by atoms with E-state index in [1.54, 1.807) is 40.4 Å². The maximum atomic E-state index is 13.0. The fraction of sp³-hybridized carbons (Fsp3) is 0.105. The predicted molar refractivity (Wildman–Crippen MR) is 105 cm³/mol. The molecular weight excluding hydrogens is 383 g/mol. The van der Waals surface area contributed by atoms with Gasteiger partial charge >= 0.3 is 0 Å². The molecule has 136 valence electrons. The van der Waals surface area contributed by atoms with E-state index in [0.717, 1.165) is 15.4 Å². The van der Waals surface area contributed by atoms with E-state index in [2.05, 4.69) is 15.4 Å². The molecular formula is C19H15FN4OS2. The standard InChI is InChI=1S/C19H15FN4OS2/c20-14-5-3-13(4-6-14)19-22-15(12-27-19)10-18(25)23-17-7-8-21-24(17)11-16-2-1-9-26-16/h1-9,12H,10-11H2,(H,23,25). The number of thiophene rings is 1. The Bertz CT molecular complexity index is 1040. The monoisotopic (exact) mass is 398 g/mol. The zero-order valence-corrected chi connectivity index (χ0v) is 15.8. The molecule has 1 amide bonds. The molecule has 27 heavy (non-hydrogen) atoms. The van der Waals surface area contributed by atoms with Gasteiger partial charge in [0.05, 0.1) is 24.9 Å². The van der Waals surface area contributed by atoms with E-state index in [1.807, 2.05) is 22.9 Å². The van der Waals surface area contributed by atoms with Gasteiger partial charge in [-0.05, 0) is 35.7 Å². The minimum absolute atomic E-state index is 0.154. The highest BCUT2D eigenvalue weighted by Gasteiger charge is 2.12. The fourth-order valence-electron chi connectivity index (χ4n) is 2.58. The molecule has 0 fully saturated rings. The lowest BCUT2D eigenvalue weighted by atomic mass is 10.2. The molecule has 3 aromatic heterocycles. The highest BCUT2D eigenvalue weighted by Crippen LogP contribution is 2.24. The lowest BCUT2D eigenvalue weighted by Crippen LogP contribution is -2.18. The van der Waals surface area contributed by atoms with Crippen molar-refractivity contribution in [1.29, 1.82) is 0 Å². The van der Waals surface area contributed by atoms with Crippen molar-refractivity contribution < 1.29 is 9.18 Å². The topological polar surface area (TPSA) is 59.8 Å². The molecule has 0 spiro atoms. The number of rotatable bonds is 6. The van der Waals surface area contributed by atoms with Gasteiger partial charge in [0, 0.05) is 21.9 Å². The molecule has 0 saturated carbocycles. The second-order valence-corrected chi connectivity index (χ2v) is 7.72. The van der Waals surface area contributed by atoms with E-state index < -0.39 is 0 Å². The van der Waals surface area contributed by atoms with Gasteiger partial charge in [-0.3, -0.25) is 4.79 Å². The molecule has 0 aliphatic heterocycles. The van der Waals surface area contributed by atoms with Crippen molar-refractivity contribution in [3.63, 3.8) is 0 Å². The molecule has 0 aliphatic rings. The third kappa shape index (κ3) is 4.29. The van der Waals surface area contributed by atoms with E-state index in [4.69, 9.17) is 0 Å². The summed E-state index contributed by atoms with van der Waals surface area (Å²) in [5, 5.41) is 11.8. The van der Waals surface area contributed by atoms with Crippen LogP contribution in [0, 0.1) is 5.82 Å². The van der Waals surface area contributed by atoms with E-state index in [0.29, 0.717) is 18.1 Å². The summed E-state index contributed by atoms with van der Waals surface area (Å²) in [7, 11) is 0. The Labute approximate surface area is 163 Å². The average Bonchev–Trinajstić information content (AvgIpc) is 3.40. The van der Waals surface area contributed by atoms with E-state index in [-0.39, 0.29) is 18.1 Å². The van der Waals surface area contributed by atoms with Crippen LogP contribution in [0.3, 0.4) is 0 Å². The number of halogens is 1. The third-order valence-corrected chi connectivity index (χ3v) is 5.66. The van der Waals surface area contributed by atoms with Gasteiger partial charge in [-0.25, -0.2) is 14.1 Å². The predicted octanol–water partition coefficient (Wildman–Crippen LogP) is 4.44. The summed E-state index contributed by atoms with van der Waals surface area (Å²) in [6.07, 6.45) is 1.83. The van der Waals surface area contributed by atoms with E-state index in [1.165, 1.54) is 23.5 Å². The molecule has 0 radical (unpaired) electrons. The summed E-state index contributed by atoms with van der Waals surface area (Å²) in [6, 6.07) is 12.0. The maximum absolute atomic E-state index is 13.0. The van der Waals surface area contributed by atoms with Crippen molar-refractivity contribution in [2.24, 2.45) is 0 Å². The van der Waals surface area contributed by atoms with E-state index in [9.17, 15) is 9.18 Å². The van der Waals surface area contributed by atoms with Gasteiger partial charge in [0.1, 0.15) is 16.6 Å². The summed E-state index contributed by atoms with van der Waals surface area (Å²) < 4.78 is 14.8. The van der Waals surface area contributed by atoms with Crippen LogP contribution in [-0.4, -0.2) is 20.7 Å². The Morgan fingerprint density at radius 3 is 2.78 bits per heavy atom. The van der Waals surface area contributed by atoms with Gasteiger partial charge in [-0.15, -0.1) is 22.7 Å². The quantitative estimate of drug-likeness (QED) is 0.522. The molecule has 0 saturated heterocycles. The minimum atomic E-state index is -0.283. The zero-order chi connectivity index (χ0) is 18.6. The van der Waals surface area contributed by atoms with Crippen molar-refractivity contribution >= 4 is 34.4 Å². The number of thiazole rings is 1. The Kier molecular flexibility index (Phi) is 5.08. The van der Waals surface area contributed by atoms with Crippen molar-refractivity contribution in [1.82, 2.24) is 14.8 Å². The number of amides is 1.